The largest absolute Gasteiger partial charge is 0.465 e. The molecule has 0 saturated carbocycles. The van der Waals surface area contributed by atoms with Gasteiger partial charge in [-0.05, 0) is 27.2 Å². The number of esters is 2. The molecule has 0 atom stereocenters. The highest BCUT2D eigenvalue weighted by Crippen LogP contribution is 2.08. The van der Waals surface area contributed by atoms with Crippen molar-refractivity contribution in [3.8, 4) is 0 Å². The predicted octanol–water partition coefficient (Wildman–Crippen LogP) is 3.23. The van der Waals surface area contributed by atoms with Crippen molar-refractivity contribution in [2.45, 2.75) is 71.8 Å². The number of rotatable bonds is 8. The zero-order valence-electron chi connectivity index (χ0n) is 12.1. The van der Waals surface area contributed by atoms with Crippen LogP contribution in [0.1, 0.15) is 66.2 Å². The van der Waals surface area contributed by atoms with Gasteiger partial charge in [-0.15, -0.1) is 0 Å². The van der Waals surface area contributed by atoms with Gasteiger partial charge in [0.25, 0.3) is 0 Å². The molecule has 0 aliphatic rings. The standard InChI is InChI=1S/C14H26O4/c1-5-6-7-8-9-10-17-12(15)11-13(16)18-14(2,3)4/h5-11H2,1-4H3. The fraction of sp³-hybridized carbons (Fsp3) is 0.857. The van der Waals surface area contributed by atoms with Crippen LogP contribution in [0.2, 0.25) is 0 Å². The maximum Gasteiger partial charge on any atom is 0.317 e. The van der Waals surface area contributed by atoms with Crippen molar-refractivity contribution in [1.82, 2.24) is 0 Å². The van der Waals surface area contributed by atoms with Gasteiger partial charge in [-0.2, -0.15) is 0 Å². The molecular weight excluding hydrogens is 232 g/mol. The van der Waals surface area contributed by atoms with Crippen molar-refractivity contribution in [3.63, 3.8) is 0 Å². The van der Waals surface area contributed by atoms with Crippen LogP contribution in [0.25, 0.3) is 0 Å². The Morgan fingerprint density at radius 3 is 2.11 bits per heavy atom. The molecule has 0 radical (unpaired) electrons. The van der Waals surface area contributed by atoms with Gasteiger partial charge in [-0.25, -0.2) is 0 Å². The van der Waals surface area contributed by atoms with Crippen LogP contribution in [0, 0.1) is 0 Å². The maximum absolute atomic E-state index is 11.3. The van der Waals surface area contributed by atoms with E-state index >= 15 is 0 Å². The second-order valence-corrected chi connectivity index (χ2v) is 5.40. The van der Waals surface area contributed by atoms with Crippen LogP contribution in [0.5, 0.6) is 0 Å². The first kappa shape index (κ1) is 16.9. The molecule has 0 amide bonds. The highest BCUT2D eigenvalue weighted by atomic mass is 16.6. The summed E-state index contributed by atoms with van der Waals surface area (Å²) < 4.78 is 10.00. The van der Waals surface area contributed by atoms with Gasteiger partial charge < -0.3 is 9.47 Å². The third-order valence-electron chi connectivity index (χ3n) is 2.22. The van der Waals surface area contributed by atoms with E-state index in [0.717, 1.165) is 12.8 Å². The highest BCUT2D eigenvalue weighted by Gasteiger charge is 2.19. The van der Waals surface area contributed by atoms with Gasteiger partial charge in [0.1, 0.15) is 12.0 Å². The zero-order valence-corrected chi connectivity index (χ0v) is 12.1. The smallest absolute Gasteiger partial charge is 0.317 e. The monoisotopic (exact) mass is 258 g/mol. The van der Waals surface area contributed by atoms with E-state index < -0.39 is 17.5 Å². The molecule has 0 aliphatic heterocycles. The summed E-state index contributed by atoms with van der Waals surface area (Å²) in [6.45, 7) is 7.85. The molecule has 4 heteroatoms. The number of unbranched alkanes of at least 4 members (excludes halogenated alkanes) is 4. The molecule has 0 spiro atoms. The molecule has 0 aliphatic carbocycles. The Morgan fingerprint density at radius 1 is 0.944 bits per heavy atom. The quantitative estimate of drug-likeness (QED) is 0.381. The topological polar surface area (TPSA) is 52.6 Å². The maximum atomic E-state index is 11.3. The van der Waals surface area contributed by atoms with Crippen LogP contribution >= 0.6 is 0 Å². The Labute approximate surface area is 110 Å². The second kappa shape index (κ2) is 8.95. The van der Waals surface area contributed by atoms with E-state index in [1.807, 2.05) is 0 Å². The van der Waals surface area contributed by atoms with Gasteiger partial charge in [0.15, 0.2) is 0 Å². The second-order valence-electron chi connectivity index (χ2n) is 5.40. The molecule has 0 aromatic heterocycles. The van der Waals surface area contributed by atoms with E-state index in [0.29, 0.717) is 6.61 Å². The van der Waals surface area contributed by atoms with Gasteiger partial charge in [0.05, 0.1) is 6.61 Å². The van der Waals surface area contributed by atoms with Crippen molar-refractivity contribution >= 4 is 11.9 Å². The Balaban J connectivity index is 3.56. The van der Waals surface area contributed by atoms with Crippen molar-refractivity contribution in [2.24, 2.45) is 0 Å². The summed E-state index contributed by atoms with van der Waals surface area (Å²) in [6, 6.07) is 0. The Hall–Kier alpha value is -1.06. The minimum atomic E-state index is -0.558. The minimum Gasteiger partial charge on any atom is -0.465 e. The summed E-state index contributed by atoms with van der Waals surface area (Å²) in [5.74, 6) is -1.03. The van der Waals surface area contributed by atoms with Crippen LogP contribution in [-0.4, -0.2) is 24.1 Å². The van der Waals surface area contributed by atoms with Crippen molar-refractivity contribution in [2.75, 3.05) is 6.61 Å². The van der Waals surface area contributed by atoms with Crippen LogP contribution in [0.3, 0.4) is 0 Å². The number of hydrogen-bond donors (Lipinski definition) is 0. The van der Waals surface area contributed by atoms with Crippen molar-refractivity contribution < 1.29 is 19.1 Å². The molecular formula is C14H26O4. The average molecular weight is 258 g/mol. The predicted molar refractivity (Wildman–Crippen MR) is 70.2 cm³/mol. The summed E-state index contributed by atoms with van der Waals surface area (Å²) in [4.78, 5) is 22.6. The number of carbonyl (C=O) groups excluding carboxylic acids is 2. The lowest BCUT2D eigenvalue weighted by atomic mass is 10.2. The summed E-state index contributed by atoms with van der Waals surface area (Å²) in [5, 5.41) is 0. The molecule has 0 aromatic rings. The summed E-state index contributed by atoms with van der Waals surface area (Å²) in [6.07, 6.45) is 5.20. The normalized spacial score (nSPS) is 11.1. The molecule has 0 aromatic carbocycles. The average Bonchev–Trinajstić information content (AvgIpc) is 2.20. The highest BCUT2D eigenvalue weighted by molar-refractivity contribution is 5.91. The lowest BCUT2D eigenvalue weighted by Crippen LogP contribution is -2.25. The number of ether oxygens (including phenoxy) is 2. The van der Waals surface area contributed by atoms with Gasteiger partial charge >= 0.3 is 11.9 Å². The molecule has 4 nitrogen and oxygen atoms in total. The minimum absolute atomic E-state index is 0.299. The van der Waals surface area contributed by atoms with E-state index in [2.05, 4.69) is 6.92 Å². The van der Waals surface area contributed by atoms with Crippen LogP contribution < -0.4 is 0 Å². The molecule has 18 heavy (non-hydrogen) atoms. The molecule has 0 N–H and O–H groups in total. The van der Waals surface area contributed by atoms with Gasteiger partial charge in [-0.1, -0.05) is 32.6 Å². The summed E-state index contributed by atoms with van der Waals surface area (Å²) in [7, 11) is 0. The van der Waals surface area contributed by atoms with Crippen molar-refractivity contribution in [1.29, 1.82) is 0 Å². The molecule has 0 rings (SSSR count). The number of carbonyl (C=O) groups is 2. The lowest BCUT2D eigenvalue weighted by molar-refractivity contribution is -0.161. The van der Waals surface area contributed by atoms with E-state index in [4.69, 9.17) is 9.47 Å². The molecule has 0 unspecified atom stereocenters. The zero-order chi connectivity index (χ0) is 14.0. The first-order chi connectivity index (χ1) is 8.35. The SMILES string of the molecule is CCCCCCCOC(=O)CC(=O)OC(C)(C)C. The first-order valence-corrected chi connectivity index (χ1v) is 6.72. The third kappa shape index (κ3) is 11.4. The van der Waals surface area contributed by atoms with Crippen LogP contribution in [0.15, 0.2) is 0 Å². The van der Waals surface area contributed by atoms with Crippen molar-refractivity contribution in [3.05, 3.63) is 0 Å². The Morgan fingerprint density at radius 2 is 1.56 bits per heavy atom. The molecule has 0 bridgehead atoms. The molecule has 106 valence electrons. The van der Waals surface area contributed by atoms with E-state index in [1.165, 1.54) is 19.3 Å². The van der Waals surface area contributed by atoms with Crippen LogP contribution in [0.4, 0.5) is 0 Å². The lowest BCUT2D eigenvalue weighted by Gasteiger charge is -2.19. The fourth-order valence-electron chi connectivity index (χ4n) is 1.44. The third-order valence-corrected chi connectivity index (χ3v) is 2.22. The first-order valence-electron chi connectivity index (χ1n) is 6.72. The Bertz CT molecular complexity index is 253. The van der Waals surface area contributed by atoms with Gasteiger partial charge in [0.2, 0.25) is 0 Å². The Kier molecular flexibility index (Phi) is 8.42. The van der Waals surface area contributed by atoms with Gasteiger partial charge in [0, 0.05) is 0 Å². The molecule has 0 saturated heterocycles. The van der Waals surface area contributed by atoms with E-state index in [-0.39, 0.29) is 6.42 Å². The fourth-order valence-corrected chi connectivity index (χ4v) is 1.44. The summed E-state index contributed by atoms with van der Waals surface area (Å²) >= 11 is 0. The van der Waals surface area contributed by atoms with E-state index in [1.54, 1.807) is 20.8 Å². The van der Waals surface area contributed by atoms with Crippen LogP contribution in [-0.2, 0) is 19.1 Å². The van der Waals surface area contributed by atoms with E-state index in [9.17, 15) is 9.59 Å². The summed E-state index contributed by atoms with van der Waals surface area (Å²) in [5.41, 5.74) is -0.558. The molecule has 0 heterocycles. The molecule has 0 fully saturated rings. The van der Waals surface area contributed by atoms with Gasteiger partial charge in [-0.3, -0.25) is 9.59 Å². The number of hydrogen-bond acceptors (Lipinski definition) is 4.